The predicted molar refractivity (Wildman–Crippen MR) is 156 cm³/mol. The molecule has 4 aromatic rings. The lowest BCUT2D eigenvalue weighted by molar-refractivity contribution is -0.251. The van der Waals surface area contributed by atoms with Crippen LogP contribution in [0.1, 0.15) is 22.3 Å². The van der Waals surface area contributed by atoms with Gasteiger partial charge < -0.3 is 24.1 Å². The van der Waals surface area contributed by atoms with Crippen molar-refractivity contribution in [1.29, 1.82) is 0 Å². The molecular formula is C35H36O5. The number of hydrogen-bond donors (Lipinski definition) is 1. The zero-order valence-corrected chi connectivity index (χ0v) is 22.5. The van der Waals surface area contributed by atoms with Gasteiger partial charge in [-0.2, -0.15) is 0 Å². The Morgan fingerprint density at radius 1 is 0.600 bits per heavy atom. The summed E-state index contributed by atoms with van der Waals surface area (Å²) >= 11 is 0. The molecule has 1 heterocycles. The number of hydrogen-bond acceptors (Lipinski definition) is 5. The molecule has 0 amide bonds. The van der Waals surface area contributed by atoms with Crippen molar-refractivity contribution < 1.29 is 24.1 Å². The summed E-state index contributed by atoms with van der Waals surface area (Å²) in [6, 6.07) is 40.0. The normalized spacial score (nSPS) is 22.9. The van der Waals surface area contributed by atoms with E-state index in [0.717, 1.165) is 22.3 Å². The summed E-state index contributed by atoms with van der Waals surface area (Å²) in [5.41, 5.74) is 4.17. The molecule has 1 aliphatic rings. The van der Waals surface area contributed by atoms with E-state index in [1.54, 1.807) is 0 Å². The minimum atomic E-state index is -0.935. The first-order valence-electron chi connectivity index (χ1n) is 13.8. The minimum Gasteiger partial charge on any atom is -0.387 e. The van der Waals surface area contributed by atoms with Crippen molar-refractivity contribution in [3.8, 4) is 0 Å². The lowest BCUT2D eigenvalue weighted by Crippen LogP contribution is -2.60. The largest absolute Gasteiger partial charge is 0.387 e. The molecule has 5 nitrogen and oxygen atoms in total. The average Bonchev–Trinajstić information content (AvgIpc) is 3.01. The van der Waals surface area contributed by atoms with Gasteiger partial charge in [-0.3, -0.25) is 0 Å². The van der Waals surface area contributed by atoms with Crippen molar-refractivity contribution in [2.45, 2.75) is 50.3 Å². The molecule has 1 aliphatic heterocycles. The van der Waals surface area contributed by atoms with Crippen LogP contribution >= 0.6 is 0 Å². The van der Waals surface area contributed by atoms with Gasteiger partial charge in [-0.1, -0.05) is 133 Å². The number of rotatable bonds is 12. The third kappa shape index (κ3) is 7.98. The minimum absolute atomic E-state index is 0.294. The number of benzene rings is 4. The predicted octanol–water partition coefficient (Wildman–Crippen LogP) is 6.22. The van der Waals surface area contributed by atoms with Crippen molar-refractivity contribution in [1.82, 2.24) is 0 Å². The van der Waals surface area contributed by atoms with Crippen molar-refractivity contribution in [3.05, 3.63) is 150 Å². The lowest BCUT2D eigenvalue weighted by Gasteiger charge is -2.44. The third-order valence-electron chi connectivity index (χ3n) is 6.94. The van der Waals surface area contributed by atoms with Gasteiger partial charge in [0.25, 0.3) is 0 Å². The smallest absolute Gasteiger partial charge is 0.115 e. The first-order valence-corrected chi connectivity index (χ1v) is 13.8. The molecule has 1 saturated heterocycles. The van der Waals surface area contributed by atoms with Gasteiger partial charge in [-0.05, 0) is 22.3 Å². The van der Waals surface area contributed by atoms with Gasteiger partial charge in [0, 0.05) is 0 Å². The molecule has 1 fully saturated rings. The van der Waals surface area contributed by atoms with Crippen LogP contribution in [0.5, 0.6) is 0 Å². The quantitative estimate of drug-likeness (QED) is 0.233. The fraction of sp³-hybridized carbons (Fsp3) is 0.257. The Balaban J connectivity index is 1.37. The van der Waals surface area contributed by atoms with E-state index in [9.17, 15) is 5.11 Å². The van der Waals surface area contributed by atoms with Gasteiger partial charge in [-0.25, -0.2) is 0 Å². The van der Waals surface area contributed by atoms with E-state index in [2.05, 4.69) is 0 Å². The Labute approximate surface area is 236 Å². The molecule has 0 radical (unpaired) electrons. The molecule has 0 spiro atoms. The molecule has 4 aromatic carbocycles. The van der Waals surface area contributed by atoms with Gasteiger partial charge >= 0.3 is 0 Å². The highest BCUT2D eigenvalue weighted by Gasteiger charge is 2.46. The fourth-order valence-electron chi connectivity index (χ4n) is 4.81. The zero-order valence-electron chi connectivity index (χ0n) is 22.5. The maximum absolute atomic E-state index is 11.6. The van der Waals surface area contributed by atoms with Gasteiger partial charge in [0.15, 0.2) is 0 Å². The highest BCUT2D eigenvalue weighted by Crippen LogP contribution is 2.29. The van der Waals surface area contributed by atoms with Crippen molar-refractivity contribution in [2.75, 3.05) is 6.61 Å². The van der Waals surface area contributed by atoms with Crippen LogP contribution in [-0.2, 0) is 38.8 Å². The molecule has 0 saturated carbocycles. The summed E-state index contributed by atoms with van der Waals surface area (Å²) in [7, 11) is 0. The van der Waals surface area contributed by atoms with E-state index < -0.39 is 30.5 Å². The third-order valence-corrected chi connectivity index (χ3v) is 6.94. The Kier molecular flexibility index (Phi) is 10.3. The molecule has 1 N–H and O–H groups in total. The molecule has 5 heteroatoms. The number of aliphatic hydroxyl groups excluding tert-OH is 1. The van der Waals surface area contributed by atoms with Crippen LogP contribution in [0.2, 0.25) is 0 Å². The van der Waals surface area contributed by atoms with Crippen LogP contribution < -0.4 is 0 Å². The molecular weight excluding hydrogens is 500 g/mol. The molecule has 0 aliphatic carbocycles. The van der Waals surface area contributed by atoms with E-state index in [4.69, 9.17) is 18.9 Å². The second kappa shape index (κ2) is 14.7. The van der Waals surface area contributed by atoms with E-state index in [1.165, 1.54) is 0 Å². The molecule has 5 atom stereocenters. The molecule has 5 rings (SSSR count). The van der Waals surface area contributed by atoms with E-state index >= 15 is 0 Å². The van der Waals surface area contributed by atoms with Crippen LogP contribution in [0.15, 0.2) is 127 Å². The number of ether oxygens (including phenoxy) is 4. The second-order valence-electron chi connectivity index (χ2n) is 9.92. The van der Waals surface area contributed by atoms with Crippen molar-refractivity contribution >= 4 is 6.08 Å². The second-order valence-corrected chi connectivity index (χ2v) is 9.92. The van der Waals surface area contributed by atoms with Crippen molar-refractivity contribution in [3.63, 3.8) is 0 Å². The van der Waals surface area contributed by atoms with Crippen LogP contribution in [0.3, 0.4) is 0 Å². The summed E-state index contributed by atoms with van der Waals surface area (Å²) in [5.74, 6) is 0. The van der Waals surface area contributed by atoms with Gasteiger partial charge in [0.2, 0.25) is 0 Å². The fourth-order valence-corrected chi connectivity index (χ4v) is 4.81. The number of aliphatic hydroxyl groups is 1. The van der Waals surface area contributed by atoms with E-state index in [0.29, 0.717) is 26.4 Å². The first kappa shape index (κ1) is 28.0. The Morgan fingerprint density at radius 3 is 1.62 bits per heavy atom. The summed E-state index contributed by atoms with van der Waals surface area (Å²) in [6.07, 6.45) is 0.704. The molecule has 40 heavy (non-hydrogen) atoms. The van der Waals surface area contributed by atoms with Crippen LogP contribution in [0, 0.1) is 0 Å². The first-order chi connectivity index (χ1) is 19.8. The zero-order chi connectivity index (χ0) is 27.4. The Bertz CT molecular complexity index is 1280. The molecule has 0 bridgehead atoms. The lowest BCUT2D eigenvalue weighted by atomic mass is 9.93. The van der Waals surface area contributed by atoms with E-state index in [-0.39, 0.29) is 0 Å². The van der Waals surface area contributed by atoms with E-state index in [1.807, 2.05) is 133 Å². The summed E-state index contributed by atoms with van der Waals surface area (Å²) in [4.78, 5) is 0. The van der Waals surface area contributed by atoms with Gasteiger partial charge in [-0.15, -0.1) is 0 Å². The highest BCUT2D eigenvalue weighted by atomic mass is 16.6. The van der Waals surface area contributed by atoms with Crippen molar-refractivity contribution in [2.24, 2.45) is 0 Å². The Morgan fingerprint density at radius 2 is 1.07 bits per heavy atom. The average molecular weight is 537 g/mol. The highest BCUT2D eigenvalue weighted by molar-refractivity contribution is 5.49. The summed E-state index contributed by atoms with van der Waals surface area (Å²) in [5, 5.41) is 11.6. The topological polar surface area (TPSA) is 57.2 Å². The monoisotopic (exact) mass is 536 g/mol. The molecule has 0 aromatic heterocycles. The standard InChI is InChI=1S/C35H36O5/c36-33-31(22-21-27-13-5-1-6-14-27)40-32(26-37-23-28-15-7-2-8-16-28)34(38-24-29-17-9-3-10-18-29)35(33)39-25-30-19-11-4-12-20-30/h1-22,31-36H,23-26H2/b22-21+/t31-,32+,33+,34+,35+/m0/s1. The summed E-state index contributed by atoms with van der Waals surface area (Å²) in [6.45, 7) is 1.46. The maximum atomic E-state index is 11.6. The van der Waals surface area contributed by atoms with Gasteiger partial charge in [0.05, 0.1) is 26.4 Å². The molecule has 0 unspecified atom stereocenters. The SMILES string of the molecule is O[C@H]1[C@@H](OCc2ccccc2)[C@H](OCc2ccccc2)[C@@H](COCc2ccccc2)O[C@H]1/C=C/c1ccccc1. The summed E-state index contributed by atoms with van der Waals surface area (Å²) < 4.78 is 25.5. The van der Waals surface area contributed by atoms with Crippen LogP contribution in [-0.4, -0.2) is 42.2 Å². The van der Waals surface area contributed by atoms with Gasteiger partial charge in [0.1, 0.15) is 30.5 Å². The molecule has 206 valence electrons. The van der Waals surface area contributed by atoms with Crippen LogP contribution in [0.25, 0.3) is 6.08 Å². The Hall–Kier alpha value is -3.58. The maximum Gasteiger partial charge on any atom is 0.115 e. The van der Waals surface area contributed by atoms with Crippen LogP contribution in [0.4, 0.5) is 0 Å².